The lowest BCUT2D eigenvalue weighted by atomic mass is 9.94. The van der Waals surface area contributed by atoms with Gasteiger partial charge in [-0.25, -0.2) is 4.79 Å². The molecular formula is C16H28N2O4. The van der Waals surface area contributed by atoms with Crippen LogP contribution in [0.1, 0.15) is 46.0 Å². The summed E-state index contributed by atoms with van der Waals surface area (Å²) in [5, 5.41) is 12.2. The first-order valence-electron chi connectivity index (χ1n) is 8.37. The summed E-state index contributed by atoms with van der Waals surface area (Å²) in [5.41, 5.74) is 0. The van der Waals surface area contributed by atoms with Gasteiger partial charge in [-0.15, -0.1) is 0 Å². The van der Waals surface area contributed by atoms with Crippen molar-refractivity contribution in [3.63, 3.8) is 0 Å². The van der Waals surface area contributed by atoms with Crippen LogP contribution in [-0.4, -0.2) is 53.8 Å². The van der Waals surface area contributed by atoms with Crippen molar-refractivity contribution in [3.8, 4) is 0 Å². The van der Waals surface area contributed by atoms with Crippen molar-refractivity contribution >= 4 is 12.0 Å². The molecule has 126 valence electrons. The van der Waals surface area contributed by atoms with Crippen molar-refractivity contribution in [3.05, 3.63) is 0 Å². The van der Waals surface area contributed by atoms with E-state index in [1.54, 1.807) is 4.90 Å². The maximum atomic E-state index is 12.4. The molecule has 0 radical (unpaired) electrons. The zero-order chi connectivity index (χ0) is 16.1. The van der Waals surface area contributed by atoms with Gasteiger partial charge >= 0.3 is 12.0 Å². The minimum Gasteiger partial charge on any atom is -0.481 e. The Morgan fingerprint density at radius 2 is 2.09 bits per heavy atom. The van der Waals surface area contributed by atoms with Crippen molar-refractivity contribution in [1.29, 1.82) is 0 Å². The molecule has 0 aliphatic carbocycles. The topological polar surface area (TPSA) is 78.9 Å². The minimum atomic E-state index is -0.809. The third-order valence-electron chi connectivity index (χ3n) is 4.51. The number of ether oxygens (including phenoxy) is 1. The van der Waals surface area contributed by atoms with Crippen LogP contribution in [0.5, 0.6) is 0 Å². The van der Waals surface area contributed by atoms with Crippen molar-refractivity contribution in [2.75, 3.05) is 19.7 Å². The Kier molecular flexibility index (Phi) is 6.06. The largest absolute Gasteiger partial charge is 0.481 e. The van der Waals surface area contributed by atoms with E-state index in [2.05, 4.69) is 19.2 Å². The predicted molar refractivity (Wildman–Crippen MR) is 82.7 cm³/mol. The van der Waals surface area contributed by atoms with Crippen LogP contribution < -0.4 is 5.32 Å². The van der Waals surface area contributed by atoms with E-state index in [-0.39, 0.29) is 18.2 Å². The molecular weight excluding hydrogens is 284 g/mol. The molecule has 0 saturated carbocycles. The van der Waals surface area contributed by atoms with Gasteiger partial charge in [0.25, 0.3) is 0 Å². The van der Waals surface area contributed by atoms with Crippen LogP contribution in [0.15, 0.2) is 0 Å². The Hall–Kier alpha value is -1.30. The molecule has 0 bridgehead atoms. The highest BCUT2D eigenvalue weighted by Gasteiger charge is 2.32. The summed E-state index contributed by atoms with van der Waals surface area (Å²) < 4.78 is 5.82. The van der Waals surface area contributed by atoms with Gasteiger partial charge in [0.05, 0.1) is 18.1 Å². The zero-order valence-electron chi connectivity index (χ0n) is 13.6. The number of hydrogen-bond donors (Lipinski definition) is 2. The monoisotopic (exact) mass is 312 g/mol. The Morgan fingerprint density at radius 3 is 2.77 bits per heavy atom. The number of nitrogens with one attached hydrogen (secondary N) is 1. The second-order valence-electron chi connectivity index (χ2n) is 6.86. The quantitative estimate of drug-likeness (QED) is 0.833. The molecule has 3 unspecified atom stereocenters. The van der Waals surface area contributed by atoms with Gasteiger partial charge in [-0.1, -0.05) is 13.8 Å². The predicted octanol–water partition coefficient (Wildman–Crippen LogP) is 2.09. The Bertz CT molecular complexity index is 400. The number of urea groups is 1. The van der Waals surface area contributed by atoms with Gasteiger partial charge in [-0.05, 0) is 38.0 Å². The minimum absolute atomic E-state index is 0.0360. The summed E-state index contributed by atoms with van der Waals surface area (Å²) in [5.74, 6) is -0.723. The summed E-state index contributed by atoms with van der Waals surface area (Å²) in [6.45, 7) is 6.01. The molecule has 6 heteroatoms. The number of carbonyl (C=O) groups is 2. The SMILES string of the molecule is CC(C)CC1OCCCC1NC(=O)N1CCCC(C(=O)O)C1. The van der Waals surface area contributed by atoms with E-state index in [9.17, 15) is 9.59 Å². The van der Waals surface area contributed by atoms with Gasteiger partial charge in [0.15, 0.2) is 0 Å². The number of rotatable bonds is 4. The van der Waals surface area contributed by atoms with E-state index in [0.717, 1.165) is 32.3 Å². The first kappa shape index (κ1) is 17.1. The van der Waals surface area contributed by atoms with Crippen LogP contribution in [-0.2, 0) is 9.53 Å². The van der Waals surface area contributed by atoms with Gasteiger partial charge in [-0.3, -0.25) is 4.79 Å². The average molecular weight is 312 g/mol. The molecule has 2 fully saturated rings. The van der Waals surface area contributed by atoms with Gasteiger partial charge in [0.2, 0.25) is 0 Å². The molecule has 0 spiro atoms. The molecule has 2 saturated heterocycles. The molecule has 2 heterocycles. The van der Waals surface area contributed by atoms with Gasteiger partial charge < -0.3 is 20.1 Å². The maximum Gasteiger partial charge on any atom is 0.317 e. The number of likely N-dealkylation sites (tertiary alicyclic amines) is 1. The molecule has 0 aromatic rings. The van der Waals surface area contributed by atoms with Crippen molar-refractivity contribution in [2.45, 2.75) is 58.1 Å². The normalized spacial score (nSPS) is 29.4. The molecule has 2 rings (SSSR count). The third-order valence-corrected chi connectivity index (χ3v) is 4.51. The second-order valence-corrected chi connectivity index (χ2v) is 6.86. The molecule has 3 atom stereocenters. The molecule has 0 aromatic heterocycles. The van der Waals surface area contributed by atoms with E-state index < -0.39 is 11.9 Å². The van der Waals surface area contributed by atoms with E-state index in [0.29, 0.717) is 25.4 Å². The zero-order valence-corrected chi connectivity index (χ0v) is 13.6. The summed E-state index contributed by atoms with van der Waals surface area (Å²) in [4.78, 5) is 25.2. The first-order chi connectivity index (χ1) is 10.5. The summed E-state index contributed by atoms with van der Waals surface area (Å²) in [6, 6.07) is -0.107. The molecule has 0 aromatic carbocycles. The fourth-order valence-electron chi connectivity index (χ4n) is 3.32. The van der Waals surface area contributed by atoms with Crippen LogP contribution in [0.25, 0.3) is 0 Å². The standard InChI is InChI=1S/C16H28N2O4/c1-11(2)9-14-13(6-4-8-22-14)17-16(21)18-7-3-5-12(10-18)15(19)20/h11-14H,3-10H2,1-2H3,(H,17,21)(H,19,20). The van der Waals surface area contributed by atoms with E-state index >= 15 is 0 Å². The van der Waals surface area contributed by atoms with Crippen LogP contribution in [0.3, 0.4) is 0 Å². The highest BCUT2D eigenvalue weighted by Crippen LogP contribution is 2.22. The lowest BCUT2D eigenvalue weighted by Crippen LogP contribution is -2.54. The number of carboxylic acids is 1. The molecule has 2 aliphatic rings. The van der Waals surface area contributed by atoms with Crippen LogP contribution in [0.4, 0.5) is 4.79 Å². The van der Waals surface area contributed by atoms with Gasteiger partial charge in [0, 0.05) is 19.7 Å². The molecule has 2 N–H and O–H groups in total. The molecule has 22 heavy (non-hydrogen) atoms. The summed E-state index contributed by atoms with van der Waals surface area (Å²) >= 11 is 0. The van der Waals surface area contributed by atoms with E-state index in [1.165, 1.54) is 0 Å². The highest BCUT2D eigenvalue weighted by molar-refractivity contribution is 5.76. The number of nitrogens with zero attached hydrogens (tertiary/aromatic N) is 1. The number of hydrogen-bond acceptors (Lipinski definition) is 3. The molecule has 6 nitrogen and oxygen atoms in total. The van der Waals surface area contributed by atoms with Crippen molar-refractivity contribution in [2.24, 2.45) is 11.8 Å². The van der Waals surface area contributed by atoms with Crippen LogP contribution >= 0.6 is 0 Å². The lowest BCUT2D eigenvalue weighted by molar-refractivity contribution is -0.143. The fraction of sp³-hybridized carbons (Fsp3) is 0.875. The number of aliphatic carboxylic acids is 1. The molecule has 2 aliphatic heterocycles. The smallest absolute Gasteiger partial charge is 0.317 e. The summed E-state index contributed by atoms with van der Waals surface area (Å²) in [7, 11) is 0. The number of piperidine rings is 1. The number of amides is 2. The van der Waals surface area contributed by atoms with Crippen molar-refractivity contribution < 1.29 is 19.4 Å². The van der Waals surface area contributed by atoms with Crippen molar-refractivity contribution in [1.82, 2.24) is 10.2 Å². The number of carbonyl (C=O) groups excluding carboxylic acids is 1. The average Bonchev–Trinajstić information content (AvgIpc) is 2.49. The lowest BCUT2D eigenvalue weighted by Gasteiger charge is -2.36. The first-order valence-corrected chi connectivity index (χ1v) is 8.37. The Morgan fingerprint density at radius 1 is 1.32 bits per heavy atom. The van der Waals surface area contributed by atoms with E-state index in [1.807, 2.05) is 0 Å². The fourth-order valence-corrected chi connectivity index (χ4v) is 3.32. The van der Waals surface area contributed by atoms with E-state index in [4.69, 9.17) is 9.84 Å². The Balaban J connectivity index is 1.90. The summed E-state index contributed by atoms with van der Waals surface area (Å²) in [6.07, 6.45) is 4.29. The third kappa shape index (κ3) is 4.60. The maximum absolute atomic E-state index is 12.4. The van der Waals surface area contributed by atoms with Crippen LogP contribution in [0, 0.1) is 11.8 Å². The highest BCUT2D eigenvalue weighted by atomic mass is 16.5. The Labute approximate surface area is 132 Å². The van der Waals surface area contributed by atoms with Gasteiger partial charge in [-0.2, -0.15) is 0 Å². The van der Waals surface area contributed by atoms with Gasteiger partial charge in [0.1, 0.15) is 0 Å². The van der Waals surface area contributed by atoms with Crippen LogP contribution in [0.2, 0.25) is 0 Å². The second kappa shape index (κ2) is 7.81. The number of carboxylic acid groups (broad SMARTS) is 1. The molecule has 2 amide bonds.